The third kappa shape index (κ3) is 5.92. The predicted octanol–water partition coefficient (Wildman–Crippen LogP) is 3.57. The summed E-state index contributed by atoms with van der Waals surface area (Å²) < 4.78 is 23.5. The molecule has 1 aromatic carbocycles. The van der Waals surface area contributed by atoms with E-state index in [0.29, 0.717) is 23.4 Å². The molecule has 0 aliphatic carbocycles. The van der Waals surface area contributed by atoms with Gasteiger partial charge in [0.05, 0.1) is 17.4 Å². The second kappa shape index (κ2) is 9.80. The Morgan fingerprint density at radius 3 is 2.16 bits per heavy atom. The van der Waals surface area contributed by atoms with E-state index in [0.717, 1.165) is 23.9 Å². The number of nitrogens with one attached hydrogen (secondary N) is 1. The van der Waals surface area contributed by atoms with E-state index in [1.807, 2.05) is 52.9 Å². The molecule has 2 aromatic rings. The lowest BCUT2D eigenvalue weighted by Crippen LogP contribution is -2.62. The average molecular weight is 511 g/mol. The minimum Gasteiger partial charge on any atom is -0.467 e. The normalized spacial score (nSPS) is 22.2. The van der Waals surface area contributed by atoms with Crippen molar-refractivity contribution in [2.24, 2.45) is 0 Å². The molecule has 0 spiro atoms. The lowest BCUT2D eigenvalue weighted by atomic mass is 9.78. The van der Waals surface area contributed by atoms with Crippen LogP contribution in [0.5, 0.6) is 5.75 Å². The maximum Gasteiger partial charge on any atom is 0.494 e. The van der Waals surface area contributed by atoms with Crippen LogP contribution in [-0.2, 0) is 14.0 Å². The summed E-state index contributed by atoms with van der Waals surface area (Å²) >= 11 is 0. The summed E-state index contributed by atoms with van der Waals surface area (Å²) in [6.45, 7) is 17.2. The van der Waals surface area contributed by atoms with Gasteiger partial charge in [0.2, 0.25) is 5.95 Å². The van der Waals surface area contributed by atoms with Crippen LogP contribution in [0.25, 0.3) is 11.3 Å². The Morgan fingerprint density at radius 2 is 1.62 bits per heavy atom. The Bertz CT molecular complexity index is 1070. The van der Waals surface area contributed by atoms with Gasteiger partial charge in [0.15, 0.2) is 6.79 Å². The summed E-state index contributed by atoms with van der Waals surface area (Å²) in [4.78, 5) is 6.82. The van der Waals surface area contributed by atoms with E-state index < -0.39 is 18.3 Å². The Hall–Kier alpha value is -2.27. The first-order valence-corrected chi connectivity index (χ1v) is 13.0. The molecular formula is C27H42BN5O4. The summed E-state index contributed by atoms with van der Waals surface area (Å²) in [5.74, 6) is 1.21. The van der Waals surface area contributed by atoms with E-state index in [1.54, 1.807) is 13.3 Å². The molecule has 2 aliphatic heterocycles. The monoisotopic (exact) mass is 511 g/mol. The minimum absolute atomic E-state index is 0.0283. The van der Waals surface area contributed by atoms with Crippen molar-refractivity contribution in [1.82, 2.24) is 20.5 Å². The first-order valence-electron chi connectivity index (χ1n) is 13.0. The molecule has 0 amide bonds. The fourth-order valence-corrected chi connectivity index (χ4v) is 5.38. The van der Waals surface area contributed by atoms with Gasteiger partial charge in [-0.25, -0.2) is 4.98 Å². The van der Waals surface area contributed by atoms with Crippen molar-refractivity contribution in [3.8, 4) is 17.0 Å². The van der Waals surface area contributed by atoms with E-state index in [4.69, 9.17) is 18.8 Å². The van der Waals surface area contributed by atoms with Crippen molar-refractivity contribution in [2.75, 3.05) is 25.9 Å². The largest absolute Gasteiger partial charge is 0.494 e. The van der Waals surface area contributed by atoms with Gasteiger partial charge in [0.25, 0.3) is 0 Å². The number of nitrogens with zero attached hydrogens (tertiary/aromatic N) is 4. The van der Waals surface area contributed by atoms with Crippen LogP contribution >= 0.6 is 0 Å². The van der Waals surface area contributed by atoms with Gasteiger partial charge in [-0.1, -0.05) is 6.07 Å². The van der Waals surface area contributed by atoms with Crippen molar-refractivity contribution < 1.29 is 18.8 Å². The smallest absolute Gasteiger partial charge is 0.467 e. The molecule has 0 saturated carbocycles. The van der Waals surface area contributed by atoms with Gasteiger partial charge < -0.3 is 29.0 Å². The van der Waals surface area contributed by atoms with Gasteiger partial charge in [-0.05, 0) is 85.8 Å². The molecule has 2 fully saturated rings. The number of hydrogen-bond donors (Lipinski definition) is 1. The second-order valence-electron chi connectivity index (χ2n) is 12.6. The van der Waals surface area contributed by atoms with E-state index in [-0.39, 0.29) is 17.9 Å². The molecule has 0 radical (unpaired) electrons. The van der Waals surface area contributed by atoms with Crippen LogP contribution in [-0.4, -0.2) is 71.6 Å². The molecular weight excluding hydrogens is 469 g/mol. The number of methoxy groups -OCH3 is 1. The second-order valence-corrected chi connectivity index (χ2v) is 12.6. The predicted molar refractivity (Wildman–Crippen MR) is 146 cm³/mol. The summed E-state index contributed by atoms with van der Waals surface area (Å²) in [6, 6.07) is 6.13. The molecule has 10 heteroatoms. The molecule has 0 unspecified atom stereocenters. The molecule has 3 heterocycles. The van der Waals surface area contributed by atoms with Crippen LogP contribution in [0.15, 0.2) is 24.4 Å². The maximum atomic E-state index is 6.22. The van der Waals surface area contributed by atoms with E-state index in [9.17, 15) is 0 Å². The third-order valence-electron chi connectivity index (χ3n) is 7.72. The average Bonchev–Trinajstić information content (AvgIpc) is 3.02. The lowest BCUT2D eigenvalue weighted by molar-refractivity contribution is 0.00578. The number of aromatic nitrogens is 3. The van der Waals surface area contributed by atoms with Crippen LogP contribution in [0, 0.1) is 0 Å². The Balaban J connectivity index is 1.58. The van der Waals surface area contributed by atoms with Crippen molar-refractivity contribution in [3.63, 3.8) is 0 Å². The minimum atomic E-state index is -0.498. The summed E-state index contributed by atoms with van der Waals surface area (Å²) in [5, 5.41) is 12.8. The van der Waals surface area contributed by atoms with Crippen LogP contribution in [0.1, 0.15) is 68.2 Å². The van der Waals surface area contributed by atoms with Gasteiger partial charge in [0.1, 0.15) is 11.4 Å². The van der Waals surface area contributed by atoms with Crippen molar-refractivity contribution in [1.29, 1.82) is 0 Å². The number of benzene rings is 1. The lowest BCUT2D eigenvalue weighted by Gasteiger charge is -2.48. The van der Waals surface area contributed by atoms with Crippen LogP contribution < -0.4 is 20.4 Å². The molecule has 37 heavy (non-hydrogen) atoms. The SMILES string of the molecule is COCOc1cc(B2OC(C)(C)C(C)(C)O2)ccc1-c1cnc(N(C)C2CC(C)(C)NC(C)(C)C2)nn1. The van der Waals surface area contributed by atoms with Crippen LogP contribution in [0.3, 0.4) is 0 Å². The van der Waals surface area contributed by atoms with E-state index in [1.165, 1.54) is 0 Å². The maximum absolute atomic E-state index is 6.22. The highest BCUT2D eigenvalue weighted by molar-refractivity contribution is 6.62. The molecule has 2 saturated heterocycles. The highest BCUT2D eigenvalue weighted by atomic mass is 16.7. The van der Waals surface area contributed by atoms with Crippen LogP contribution in [0.4, 0.5) is 5.95 Å². The van der Waals surface area contributed by atoms with E-state index >= 15 is 0 Å². The third-order valence-corrected chi connectivity index (χ3v) is 7.72. The van der Waals surface area contributed by atoms with Crippen LogP contribution in [0.2, 0.25) is 0 Å². The fourth-order valence-electron chi connectivity index (χ4n) is 5.38. The zero-order valence-electron chi connectivity index (χ0n) is 24.0. The first-order chi connectivity index (χ1) is 17.1. The number of rotatable bonds is 7. The Labute approximate surface area is 221 Å². The number of ether oxygens (including phenoxy) is 2. The Kier molecular flexibility index (Phi) is 7.35. The molecule has 1 N–H and O–H groups in total. The van der Waals surface area contributed by atoms with Gasteiger partial charge in [-0.15, -0.1) is 10.2 Å². The fraction of sp³-hybridized carbons (Fsp3) is 0.667. The number of anilines is 1. The number of piperidine rings is 1. The summed E-state index contributed by atoms with van der Waals surface area (Å²) in [6.07, 6.45) is 3.74. The molecule has 202 valence electrons. The van der Waals surface area contributed by atoms with Gasteiger partial charge in [-0.3, -0.25) is 0 Å². The number of hydrogen-bond acceptors (Lipinski definition) is 9. The zero-order valence-corrected chi connectivity index (χ0v) is 24.0. The molecule has 0 atom stereocenters. The van der Waals surface area contributed by atoms with Crippen molar-refractivity contribution >= 4 is 18.5 Å². The molecule has 1 aromatic heterocycles. The summed E-state index contributed by atoms with van der Waals surface area (Å²) in [7, 11) is 3.14. The van der Waals surface area contributed by atoms with Crippen molar-refractivity contribution in [3.05, 3.63) is 24.4 Å². The highest BCUT2D eigenvalue weighted by Crippen LogP contribution is 2.37. The van der Waals surface area contributed by atoms with Gasteiger partial charge in [0, 0.05) is 36.8 Å². The molecule has 0 bridgehead atoms. The molecule has 4 rings (SSSR count). The zero-order chi connectivity index (χ0) is 27.2. The Morgan fingerprint density at radius 1 is 1.00 bits per heavy atom. The van der Waals surface area contributed by atoms with Gasteiger partial charge >= 0.3 is 7.12 Å². The van der Waals surface area contributed by atoms with Gasteiger partial charge in [-0.2, -0.15) is 0 Å². The van der Waals surface area contributed by atoms with E-state index in [2.05, 4.69) is 53.1 Å². The standard InChI is InChI=1S/C27H42BN5O4/c1-24(2)14-19(15-25(3,4)32-24)33(9)23-29-16-21(30-31-23)20-12-11-18(13-22(20)35-17-34-10)28-36-26(5,6)27(7,8)37-28/h11-13,16,19,32H,14-15,17H2,1-10H3. The summed E-state index contributed by atoms with van der Waals surface area (Å²) in [5.41, 5.74) is 1.45. The highest BCUT2D eigenvalue weighted by Gasteiger charge is 2.51. The quantitative estimate of drug-likeness (QED) is 0.443. The molecule has 2 aliphatic rings. The first kappa shape index (κ1) is 27.8. The molecule has 9 nitrogen and oxygen atoms in total. The van der Waals surface area contributed by atoms with Crippen molar-refractivity contribution in [2.45, 2.75) is 96.6 Å². The topological polar surface area (TPSA) is 90.9 Å².